The molecule has 9 heavy (non-hydrogen) atoms. The normalized spacial score (nSPS) is 7.56. The molecule has 0 N–H and O–H groups in total. The van der Waals surface area contributed by atoms with Crippen molar-refractivity contribution in [3.8, 4) is 0 Å². The molecule has 0 amide bonds. The summed E-state index contributed by atoms with van der Waals surface area (Å²) in [5, 5.41) is 0. The first-order valence-electron chi connectivity index (χ1n) is 2.14. The standard InChI is InChI=1S/C5H3FN.ClH.Zn/c6-5-1-3-7-4-2-5;;/h1-3H;1H;/q-1;;+2/p-1. The summed E-state index contributed by atoms with van der Waals surface area (Å²) in [4.78, 5) is 3.48. The Morgan fingerprint density at radius 3 is 2.56 bits per heavy atom. The molecule has 44 valence electrons. The van der Waals surface area contributed by atoms with Gasteiger partial charge < -0.3 is 4.98 Å². The van der Waals surface area contributed by atoms with Crippen molar-refractivity contribution in [3.63, 3.8) is 0 Å². The zero-order valence-electron chi connectivity index (χ0n) is 4.64. The van der Waals surface area contributed by atoms with E-state index in [2.05, 4.69) is 11.2 Å². The second-order valence-corrected chi connectivity index (χ2v) is 1.10. The minimum atomic E-state index is -0.296. The van der Waals surface area contributed by atoms with Gasteiger partial charge in [0.1, 0.15) is 0 Å². The number of rotatable bonds is 0. The molecule has 1 rings (SSSR count). The Morgan fingerprint density at radius 1 is 1.67 bits per heavy atom. The molecular formula is C5H3ClFNZn. The van der Waals surface area contributed by atoms with Crippen LogP contribution in [0.4, 0.5) is 4.39 Å². The van der Waals surface area contributed by atoms with E-state index in [4.69, 9.17) is 9.69 Å². The van der Waals surface area contributed by atoms with Crippen LogP contribution in [-0.2, 0) is 17.3 Å². The van der Waals surface area contributed by atoms with Crippen molar-refractivity contribution >= 4 is 9.69 Å². The third-order valence-electron chi connectivity index (χ3n) is 0.585. The van der Waals surface area contributed by atoms with Crippen molar-refractivity contribution < 1.29 is 21.7 Å². The van der Waals surface area contributed by atoms with Gasteiger partial charge in [0.05, 0.1) is 0 Å². The van der Waals surface area contributed by atoms with E-state index in [0.717, 1.165) is 17.3 Å². The van der Waals surface area contributed by atoms with Gasteiger partial charge in [0.15, 0.2) is 0 Å². The van der Waals surface area contributed by atoms with E-state index in [1.165, 1.54) is 18.3 Å². The van der Waals surface area contributed by atoms with Crippen LogP contribution in [0.2, 0.25) is 0 Å². The maximum absolute atomic E-state index is 11.8. The van der Waals surface area contributed by atoms with Crippen LogP contribution in [-0.4, -0.2) is 4.98 Å². The molecule has 0 aromatic carbocycles. The second-order valence-electron chi connectivity index (χ2n) is 1.10. The molecule has 0 fully saturated rings. The number of pyridine rings is 1. The second kappa shape index (κ2) is 6.12. The average molecular weight is 197 g/mol. The summed E-state index contributed by atoms with van der Waals surface area (Å²) in [6.45, 7) is 0. The molecule has 4 heteroatoms. The predicted molar refractivity (Wildman–Crippen MR) is 28.9 cm³/mol. The Labute approximate surface area is 67.0 Å². The van der Waals surface area contributed by atoms with Gasteiger partial charge in [-0.2, -0.15) is 0 Å². The SMILES string of the molecule is Fc1c[c-]ncc1.[Cl][Zn+]. The molecule has 1 aromatic rings. The molecule has 0 bridgehead atoms. The predicted octanol–water partition coefficient (Wildman–Crippen LogP) is 1.71. The quantitative estimate of drug-likeness (QED) is 0.455. The van der Waals surface area contributed by atoms with Gasteiger partial charge in [-0.1, -0.05) is 12.4 Å². The van der Waals surface area contributed by atoms with Gasteiger partial charge in [-0.05, 0) is 0 Å². The monoisotopic (exact) mass is 195 g/mol. The van der Waals surface area contributed by atoms with Gasteiger partial charge in [0.25, 0.3) is 0 Å². The molecule has 1 aromatic heterocycles. The topological polar surface area (TPSA) is 12.9 Å². The fourth-order valence-electron chi connectivity index (χ4n) is 0.299. The molecule has 1 nitrogen and oxygen atoms in total. The fraction of sp³-hybridized carbons (Fsp3) is 0. The van der Waals surface area contributed by atoms with Crippen LogP contribution in [0.15, 0.2) is 18.3 Å². The number of aromatic nitrogens is 1. The van der Waals surface area contributed by atoms with Crippen LogP contribution < -0.4 is 0 Å². The van der Waals surface area contributed by atoms with Crippen molar-refractivity contribution in [2.75, 3.05) is 0 Å². The van der Waals surface area contributed by atoms with Gasteiger partial charge in [-0.3, -0.25) is 4.39 Å². The summed E-state index contributed by atoms with van der Waals surface area (Å²) in [6, 6.07) is 2.45. The minimum absolute atomic E-state index is 0.296. The molecule has 0 saturated carbocycles. The summed E-state index contributed by atoms with van der Waals surface area (Å²) in [5.74, 6) is -0.296. The van der Waals surface area contributed by atoms with Crippen LogP contribution in [0.3, 0.4) is 0 Å². The summed E-state index contributed by atoms with van der Waals surface area (Å²) >= 11 is 0.847. The number of halogens is 2. The van der Waals surface area contributed by atoms with Gasteiger partial charge >= 0.3 is 27.0 Å². The maximum atomic E-state index is 11.8. The molecule has 0 atom stereocenters. The van der Waals surface area contributed by atoms with Crippen molar-refractivity contribution in [3.05, 3.63) is 30.3 Å². The zero-order valence-corrected chi connectivity index (χ0v) is 8.37. The zero-order chi connectivity index (χ0) is 7.11. The van der Waals surface area contributed by atoms with E-state index in [0.29, 0.717) is 0 Å². The van der Waals surface area contributed by atoms with E-state index in [-0.39, 0.29) is 5.82 Å². The van der Waals surface area contributed by atoms with Gasteiger partial charge in [0.2, 0.25) is 0 Å². The molecule has 0 saturated heterocycles. The first-order valence-corrected chi connectivity index (χ1v) is 6.04. The molecule has 0 aliphatic carbocycles. The van der Waals surface area contributed by atoms with Crippen LogP contribution >= 0.6 is 9.69 Å². The Kier molecular flexibility index (Phi) is 6.11. The van der Waals surface area contributed by atoms with Crippen molar-refractivity contribution in [2.24, 2.45) is 0 Å². The average Bonchev–Trinajstić information content (AvgIpc) is 1.94. The molecule has 0 aliphatic heterocycles. The molecule has 0 spiro atoms. The van der Waals surface area contributed by atoms with E-state index in [9.17, 15) is 4.39 Å². The summed E-state index contributed by atoms with van der Waals surface area (Å²) < 4.78 is 11.8. The number of hydrogen-bond donors (Lipinski definition) is 0. The van der Waals surface area contributed by atoms with E-state index in [1.807, 2.05) is 0 Å². The van der Waals surface area contributed by atoms with Crippen LogP contribution in [0.5, 0.6) is 0 Å². The Balaban J connectivity index is 0.000000291. The summed E-state index contributed by atoms with van der Waals surface area (Å²) in [5.41, 5.74) is 0. The third-order valence-corrected chi connectivity index (χ3v) is 0.585. The molecular weight excluding hydrogens is 194 g/mol. The molecule has 0 radical (unpaired) electrons. The van der Waals surface area contributed by atoms with Gasteiger partial charge in [-0.25, -0.2) is 0 Å². The number of nitrogens with zero attached hydrogens (tertiary/aromatic N) is 1. The van der Waals surface area contributed by atoms with Crippen LogP contribution in [0.25, 0.3) is 0 Å². The van der Waals surface area contributed by atoms with Gasteiger partial charge in [0, 0.05) is 5.82 Å². The Hall–Kier alpha value is -0.00662. The molecule has 0 aliphatic rings. The molecule has 1 heterocycles. The van der Waals surface area contributed by atoms with E-state index in [1.54, 1.807) is 0 Å². The van der Waals surface area contributed by atoms with Crippen LogP contribution in [0.1, 0.15) is 0 Å². The number of hydrogen-bond acceptors (Lipinski definition) is 1. The van der Waals surface area contributed by atoms with Crippen molar-refractivity contribution in [2.45, 2.75) is 0 Å². The van der Waals surface area contributed by atoms with Crippen LogP contribution in [0, 0.1) is 12.0 Å². The summed E-state index contributed by atoms with van der Waals surface area (Å²) in [7, 11) is 4.76. The van der Waals surface area contributed by atoms with E-state index >= 15 is 0 Å². The first-order chi connectivity index (χ1) is 4.39. The van der Waals surface area contributed by atoms with Crippen molar-refractivity contribution in [1.82, 2.24) is 4.98 Å². The summed E-state index contributed by atoms with van der Waals surface area (Å²) in [6.07, 6.45) is 3.69. The molecule has 0 unspecified atom stereocenters. The van der Waals surface area contributed by atoms with E-state index < -0.39 is 0 Å². The van der Waals surface area contributed by atoms with Gasteiger partial charge in [-0.15, -0.1) is 12.1 Å². The first kappa shape index (κ1) is 8.99. The van der Waals surface area contributed by atoms with Crippen molar-refractivity contribution in [1.29, 1.82) is 0 Å². The third kappa shape index (κ3) is 4.49. The Morgan fingerprint density at radius 2 is 2.33 bits per heavy atom. The fourth-order valence-corrected chi connectivity index (χ4v) is 0.299. The Bertz CT molecular complexity index is 147.